The number of rotatable bonds is 15. The molecule has 0 aliphatic carbocycles. The van der Waals surface area contributed by atoms with E-state index in [-0.39, 0.29) is 41.1 Å². The van der Waals surface area contributed by atoms with Crippen LogP contribution in [0.4, 0.5) is 0 Å². The van der Waals surface area contributed by atoms with E-state index < -0.39 is 20.8 Å². The summed E-state index contributed by atoms with van der Waals surface area (Å²) in [6, 6.07) is 14.6. The molecule has 0 radical (unpaired) electrons. The van der Waals surface area contributed by atoms with E-state index in [4.69, 9.17) is 0 Å². The molecule has 7 nitrogen and oxygen atoms in total. The normalized spacial score (nSPS) is 11.0. The Morgan fingerprint density at radius 3 is 1.32 bits per heavy atom. The first kappa shape index (κ1) is 32.9. The SMILES string of the molecule is O=S(=O)(Oc1ccccc1)OS(=O)(=O)Oc1ccccc1.[CH2-]CCCCCCCCCCC.[Na+]. The third kappa shape index (κ3) is 17.4. The number of unbranched alkanes of at least 4 members (excludes halogenated alkanes) is 9. The van der Waals surface area contributed by atoms with Gasteiger partial charge in [-0.05, 0) is 24.3 Å². The van der Waals surface area contributed by atoms with Crippen molar-refractivity contribution in [1.82, 2.24) is 0 Å². The third-order valence-electron chi connectivity index (χ3n) is 4.40. The van der Waals surface area contributed by atoms with Crippen molar-refractivity contribution in [3.63, 3.8) is 0 Å². The van der Waals surface area contributed by atoms with E-state index in [1.807, 2.05) is 0 Å². The van der Waals surface area contributed by atoms with Crippen LogP contribution < -0.4 is 37.9 Å². The van der Waals surface area contributed by atoms with Gasteiger partial charge in [0.1, 0.15) is 11.5 Å². The molecule has 0 amide bonds. The van der Waals surface area contributed by atoms with Crippen LogP contribution in [0, 0.1) is 6.92 Å². The molecule has 0 bridgehead atoms. The Labute approximate surface area is 228 Å². The molecule has 2 aromatic carbocycles. The average molecular weight is 523 g/mol. The fourth-order valence-electron chi connectivity index (χ4n) is 2.81. The predicted molar refractivity (Wildman–Crippen MR) is 130 cm³/mol. The van der Waals surface area contributed by atoms with Gasteiger partial charge < -0.3 is 15.3 Å². The van der Waals surface area contributed by atoms with Gasteiger partial charge in [0.05, 0.1) is 0 Å². The van der Waals surface area contributed by atoms with Crippen LogP contribution in [0.15, 0.2) is 60.7 Å². The van der Waals surface area contributed by atoms with Gasteiger partial charge in [-0.3, -0.25) is 0 Å². The van der Waals surface area contributed by atoms with Crippen LogP contribution in [0.1, 0.15) is 71.1 Å². The number of benzene rings is 2. The second-order valence-electron chi connectivity index (χ2n) is 7.36. The van der Waals surface area contributed by atoms with E-state index >= 15 is 0 Å². The van der Waals surface area contributed by atoms with E-state index in [1.165, 1.54) is 106 Å². The summed E-state index contributed by atoms with van der Waals surface area (Å²) < 4.78 is 58.9. The van der Waals surface area contributed by atoms with Crippen LogP contribution in [-0.4, -0.2) is 16.8 Å². The van der Waals surface area contributed by atoms with Gasteiger partial charge in [0.25, 0.3) is 0 Å². The summed E-state index contributed by atoms with van der Waals surface area (Å²) in [7, 11) is -9.65. The Bertz CT molecular complexity index is 872. The van der Waals surface area contributed by atoms with Crippen molar-refractivity contribution < 1.29 is 58.4 Å². The Kier molecular flexibility index (Phi) is 18.5. The Balaban J connectivity index is 0.000000723. The first-order valence-electron chi connectivity index (χ1n) is 11.3. The summed E-state index contributed by atoms with van der Waals surface area (Å²) in [4.78, 5) is 0. The summed E-state index contributed by atoms with van der Waals surface area (Å²) >= 11 is 0. The van der Waals surface area contributed by atoms with Crippen LogP contribution in [0.3, 0.4) is 0 Å². The molecule has 0 spiro atoms. The van der Waals surface area contributed by atoms with E-state index in [1.54, 1.807) is 12.1 Å². The first-order valence-corrected chi connectivity index (χ1v) is 13.9. The maximum absolute atomic E-state index is 11.5. The molecule has 10 heteroatoms. The van der Waals surface area contributed by atoms with Gasteiger partial charge in [0, 0.05) is 0 Å². The van der Waals surface area contributed by atoms with Crippen LogP contribution in [0.25, 0.3) is 0 Å². The predicted octanol–water partition coefficient (Wildman–Crippen LogP) is 3.40. The second-order valence-corrected chi connectivity index (χ2v) is 9.87. The molecule has 2 rings (SSSR count). The van der Waals surface area contributed by atoms with Crippen molar-refractivity contribution in [3.8, 4) is 11.5 Å². The Hall–Kier alpha value is -1.10. The molecule has 0 saturated heterocycles. The quantitative estimate of drug-likeness (QED) is 0.201. The largest absolute Gasteiger partial charge is 1.00 e. The molecule has 186 valence electrons. The van der Waals surface area contributed by atoms with Crippen molar-refractivity contribution in [2.75, 3.05) is 0 Å². The molecule has 0 N–H and O–H groups in total. The molecular weight excluding hydrogens is 487 g/mol. The molecular formula is C24H35NaO7S2. The molecule has 0 fully saturated rings. The van der Waals surface area contributed by atoms with Gasteiger partial charge in [0.15, 0.2) is 0 Å². The van der Waals surface area contributed by atoms with Crippen LogP contribution >= 0.6 is 0 Å². The Morgan fingerprint density at radius 2 is 0.971 bits per heavy atom. The Morgan fingerprint density at radius 1 is 0.618 bits per heavy atom. The smallest absolute Gasteiger partial charge is 0.361 e. The van der Waals surface area contributed by atoms with Crippen molar-refractivity contribution in [2.24, 2.45) is 0 Å². The maximum atomic E-state index is 11.5. The fourth-order valence-corrected chi connectivity index (χ4v) is 4.54. The number of hydrogen-bond acceptors (Lipinski definition) is 7. The third-order valence-corrected chi connectivity index (χ3v) is 6.53. The van der Waals surface area contributed by atoms with E-state index in [9.17, 15) is 16.8 Å². The topological polar surface area (TPSA) is 96.0 Å². The molecule has 0 aliphatic rings. The van der Waals surface area contributed by atoms with Gasteiger partial charge in [-0.15, -0.1) is 0 Å². The van der Waals surface area contributed by atoms with Gasteiger partial charge in [0.2, 0.25) is 0 Å². The standard InChI is InChI=1S/C12H10O7S2.C12H25.Na/c13-20(14,17-11-7-3-1-4-8-11)19-21(15,16)18-12-9-5-2-6-10-12;1-3-5-7-9-11-12-10-8-6-4-2;/h1-10H;1,3-12H2,2H3;/q;-1;+1. The molecule has 2 aromatic rings. The average Bonchev–Trinajstić information content (AvgIpc) is 2.76. The van der Waals surface area contributed by atoms with E-state index in [2.05, 4.69) is 25.8 Å². The van der Waals surface area contributed by atoms with Crippen LogP contribution in [0.5, 0.6) is 11.5 Å². The van der Waals surface area contributed by atoms with Gasteiger partial charge in [-0.25, -0.2) is 0 Å². The fraction of sp³-hybridized carbons (Fsp3) is 0.458. The maximum Gasteiger partial charge on any atom is 1.00 e. The molecule has 34 heavy (non-hydrogen) atoms. The van der Waals surface area contributed by atoms with Gasteiger partial charge in [-0.2, -0.15) is 23.3 Å². The summed E-state index contributed by atoms with van der Waals surface area (Å²) in [5.74, 6) is -0.181. The molecule has 0 heterocycles. The first-order chi connectivity index (χ1) is 15.8. The molecule has 0 unspecified atom stereocenters. The van der Waals surface area contributed by atoms with Crippen molar-refractivity contribution >= 4 is 20.8 Å². The molecule has 0 aromatic heterocycles. The van der Waals surface area contributed by atoms with E-state index in [0.717, 1.165) is 6.42 Å². The minimum absolute atomic E-state index is 0. The van der Waals surface area contributed by atoms with Crippen molar-refractivity contribution in [3.05, 3.63) is 67.6 Å². The minimum atomic E-state index is -4.83. The number of hydrogen-bond donors (Lipinski definition) is 0. The second kappa shape index (κ2) is 19.1. The zero-order valence-electron chi connectivity index (χ0n) is 20.2. The van der Waals surface area contributed by atoms with Gasteiger partial charge >= 0.3 is 50.4 Å². The molecule has 0 atom stereocenters. The van der Waals surface area contributed by atoms with Gasteiger partial charge in [-0.1, -0.05) is 105 Å². The monoisotopic (exact) mass is 522 g/mol. The van der Waals surface area contributed by atoms with Crippen LogP contribution in [0.2, 0.25) is 0 Å². The molecule has 0 saturated carbocycles. The van der Waals surface area contributed by atoms with Crippen LogP contribution in [-0.2, 0) is 24.4 Å². The van der Waals surface area contributed by atoms with Crippen molar-refractivity contribution in [2.45, 2.75) is 71.1 Å². The van der Waals surface area contributed by atoms with Crippen molar-refractivity contribution in [1.29, 1.82) is 0 Å². The summed E-state index contributed by atoms with van der Waals surface area (Å²) in [6.45, 7) is 6.12. The number of para-hydroxylation sites is 2. The summed E-state index contributed by atoms with van der Waals surface area (Å²) in [5.41, 5.74) is 0. The zero-order chi connectivity index (χ0) is 24.4. The summed E-state index contributed by atoms with van der Waals surface area (Å²) in [6.07, 6.45) is 13.9. The summed E-state index contributed by atoms with van der Waals surface area (Å²) in [5, 5.41) is 0. The zero-order valence-corrected chi connectivity index (χ0v) is 23.9. The molecule has 0 aliphatic heterocycles. The minimum Gasteiger partial charge on any atom is -0.361 e. The van der Waals surface area contributed by atoms with E-state index in [0.29, 0.717) is 0 Å².